The Morgan fingerprint density at radius 1 is 0.852 bits per heavy atom. The lowest BCUT2D eigenvalue weighted by atomic mass is 10.1. The molecule has 0 fully saturated rings. The molecule has 0 N–H and O–H groups in total. The van der Waals surface area contributed by atoms with Gasteiger partial charge in [0.15, 0.2) is 23.0 Å². The van der Waals surface area contributed by atoms with E-state index in [1.54, 1.807) is 14.2 Å². The van der Waals surface area contributed by atoms with Gasteiger partial charge in [0.2, 0.25) is 0 Å². The molecule has 2 aromatic carbocycles. The monoisotopic (exact) mass is 368 g/mol. The highest BCUT2D eigenvalue weighted by Gasteiger charge is 2.07. The highest BCUT2D eigenvalue weighted by atomic mass is 16.5. The molecule has 0 aliphatic heterocycles. The zero-order valence-corrected chi connectivity index (χ0v) is 16.4. The van der Waals surface area contributed by atoms with Crippen molar-refractivity contribution in [1.82, 2.24) is 0 Å². The van der Waals surface area contributed by atoms with Crippen LogP contribution in [0, 0.1) is 0 Å². The van der Waals surface area contributed by atoms with Crippen LogP contribution in [0.25, 0.3) is 6.08 Å². The highest BCUT2D eigenvalue weighted by molar-refractivity contribution is 5.55. The number of hydrogen-bond donors (Lipinski definition) is 0. The summed E-state index contributed by atoms with van der Waals surface area (Å²) in [6, 6.07) is 11.8. The van der Waals surface area contributed by atoms with E-state index in [-0.39, 0.29) is 0 Å². The van der Waals surface area contributed by atoms with Gasteiger partial charge in [-0.3, -0.25) is 0 Å². The normalized spacial score (nSPS) is 10.6. The Morgan fingerprint density at radius 3 is 2.07 bits per heavy atom. The third-order valence-electron chi connectivity index (χ3n) is 3.96. The molecule has 0 atom stereocenters. The Labute approximate surface area is 162 Å². The van der Waals surface area contributed by atoms with Gasteiger partial charge in [0.1, 0.15) is 0 Å². The third-order valence-corrected chi connectivity index (χ3v) is 3.96. The Bertz CT molecular complexity index is 765. The van der Waals surface area contributed by atoms with Gasteiger partial charge in [-0.15, -0.1) is 6.58 Å². The predicted molar refractivity (Wildman–Crippen MR) is 110 cm³/mol. The first-order chi connectivity index (χ1) is 13.2. The van der Waals surface area contributed by atoms with Gasteiger partial charge in [0, 0.05) is 6.42 Å². The largest absolute Gasteiger partial charge is 0.493 e. The van der Waals surface area contributed by atoms with E-state index in [9.17, 15) is 0 Å². The van der Waals surface area contributed by atoms with Crippen LogP contribution < -0.4 is 18.9 Å². The van der Waals surface area contributed by atoms with Crippen LogP contribution >= 0.6 is 0 Å². The zero-order valence-electron chi connectivity index (χ0n) is 16.4. The van der Waals surface area contributed by atoms with E-state index in [1.165, 1.54) is 0 Å². The van der Waals surface area contributed by atoms with E-state index in [0.29, 0.717) is 13.2 Å². The summed E-state index contributed by atoms with van der Waals surface area (Å²) in [5.74, 6) is 2.93. The summed E-state index contributed by atoms with van der Waals surface area (Å²) >= 11 is 0. The van der Waals surface area contributed by atoms with Gasteiger partial charge in [0.05, 0.1) is 27.4 Å². The number of rotatable bonds is 11. The first-order valence-electron chi connectivity index (χ1n) is 9.06. The molecule has 0 radical (unpaired) electrons. The van der Waals surface area contributed by atoms with Crippen LogP contribution in [-0.2, 0) is 6.42 Å². The Hall–Kier alpha value is -2.88. The molecule has 0 bridgehead atoms. The van der Waals surface area contributed by atoms with Crippen molar-refractivity contribution < 1.29 is 18.9 Å². The fraction of sp³-hybridized carbons (Fsp3) is 0.304. The van der Waals surface area contributed by atoms with Crippen LogP contribution in [0.15, 0.2) is 55.1 Å². The fourth-order valence-corrected chi connectivity index (χ4v) is 2.65. The second-order valence-electron chi connectivity index (χ2n) is 5.94. The minimum atomic E-state index is 0.538. The van der Waals surface area contributed by atoms with Gasteiger partial charge < -0.3 is 18.9 Å². The Balaban J connectivity index is 1.84. The molecule has 4 nitrogen and oxygen atoms in total. The SMILES string of the molecule is C=CCc1ccc(OCCCOc2ccc(C=CC)cc2OC)c(OC)c1. The lowest BCUT2D eigenvalue weighted by molar-refractivity contribution is 0.234. The van der Waals surface area contributed by atoms with E-state index in [0.717, 1.165) is 47.0 Å². The van der Waals surface area contributed by atoms with Gasteiger partial charge in [-0.05, 0) is 48.7 Å². The maximum atomic E-state index is 5.84. The van der Waals surface area contributed by atoms with Crippen molar-refractivity contribution in [1.29, 1.82) is 0 Å². The van der Waals surface area contributed by atoms with E-state index in [4.69, 9.17) is 18.9 Å². The van der Waals surface area contributed by atoms with Crippen LogP contribution in [0.3, 0.4) is 0 Å². The molecule has 0 unspecified atom stereocenters. The minimum Gasteiger partial charge on any atom is -0.493 e. The number of hydrogen-bond acceptors (Lipinski definition) is 4. The second-order valence-corrected chi connectivity index (χ2v) is 5.94. The van der Waals surface area contributed by atoms with Crippen molar-refractivity contribution in [2.45, 2.75) is 19.8 Å². The van der Waals surface area contributed by atoms with Gasteiger partial charge in [-0.2, -0.15) is 0 Å². The maximum Gasteiger partial charge on any atom is 0.161 e. The molecular weight excluding hydrogens is 340 g/mol. The van der Waals surface area contributed by atoms with Crippen molar-refractivity contribution in [3.05, 3.63) is 66.3 Å². The molecule has 4 heteroatoms. The average molecular weight is 368 g/mol. The number of allylic oxidation sites excluding steroid dienone is 2. The zero-order chi connectivity index (χ0) is 19.5. The van der Waals surface area contributed by atoms with E-state index in [2.05, 4.69) is 6.58 Å². The molecule has 0 saturated carbocycles. The molecule has 0 aromatic heterocycles. The van der Waals surface area contributed by atoms with Crippen LogP contribution in [0.1, 0.15) is 24.5 Å². The molecular formula is C23H28O4. The number of methoxy groups -OCH3 is 2. The lowest BCUT2D eigenvalue weighted by Gasteiger charge is -2.13. The first-order valence-corrected chi connectivity index (χ1v) is 9.06. The summed E-state index contributed by atoms with van der Waals surface area (Å²) in [7, 11) is 3.29. The van der Waals surface area contributed by atoms with Gasteiger partial charge in [-0.1, -0.05) is 30.4 Å². The van der Waals surface area contributed by atoms with E-state index >= 15 is 0 Å². The first kappa shape index (κ1) is 20.4. The van der Waals surface area contributed by atoms with Gasteiger partial charge in [-0.25, -0.2) is 0 Å². The maximum absolute atomic E-state index is 5.84. The molecule has 0 spiro atoms. The molecule has 27 heavy (non-hydrogen) atoms. The quantitative estimate of drug-likeness (QED) is 0.398. The lowest BCUT2D eigenvalue weighted by Crippen LogP contribution is -2.06. The molecule has 0 amide bonds. The second kappa shape index (κ2) is 11.0. The third kappa shape index (κ3) is 6.10. The molecule has 2 aromatic rings. The summed E-state index contributed by atoms with van der Waals surface area (Å²) in [5.41, 5.74) is 2.23. The minimum absolute atomic E-state index is 0.538. The topological polar surface area (TPSA) is 36.9 Å². The molecule has 0 aliphatic rings. The predicted octanol–water partition coefficient (Wildman–Crippen LogP) is 5.31. The summed E-state index contributed by atoms with van der Waals surface area (Å²) in [6.45, 7) is 6.82. The molecule has 0 saturated heterocycles. The molecule has 0 aliphatic carbocycles. The summed E-state index contributed by atoms with van der Waals surface area (Å²) < 4.78 is 22.5. The van der Waals surface area contributed by atoms with Crippen molar-refractivity contribution in [3.63, 3.8) is 0 Å². The molecule has 0 heterocycles. The fourth-order valence-electron chi connectivity index (χ4n) is 2.65. The summed E-state index contributed by atoms with van der Waals surface area (Å²) in [5, 5.41) is 0. The van der Waals surface area contributed by atoms with Crippen molar-refractivity contribution in [2.24, 2.45) is 0 Å². The summed E-state index contributed by atoms with van der Waals surface area (Å²) in [4.78, 5) is 0. The Morgan fingerprint density at radius 2 is 1.48 bits per heavy atom. The van der Waals surface area contributed by atoms with E-state index < -0.39 is 0 Å². The van der Waals surface area contributed by atoms with Crippen LogP contribution in [0.4, 0.5) is 0 Å². The average Bonchev–Trinajstić information content (AvgIpc) is 2.69. The molecule has 144 valence electrons. The van der Waals surface area contributed by atoms with Gasteiger partial charge >= 0.3 is 0 Å². The molecule has 2 rings (SSSR count). The van der Waals surface area contributed by atoms with E-state index in [1.807, 2.05) is 61.5 Å². The van der Waals surface area contributed by atoms with Crippen molar-refractivity contribution >= 4 is 6.08 Å². The highest BCUT2D eigenvalue weighted by Crippen LogP contribution is 2.30. The number of benzene rings is 2. The van der Waals surface area contributed by atoms with Crippen LogP contribution in [0.5, 0.6) is 23.0 Å². The standard InChI is InChI=1S/C23H28O4/c1-5-8-18-10-12-20(22(16-18)24-3)26-14-7-15-27-21-13-11-19(9-6-2)17-23(21)25-4/h5-6,9-13,16-17H,1,7-8,14-15H2,2-4H3. The smallest absolute Gasteiger partial charge is 0.161 e. The van der Waals surface area contributed by atoms with Crippen molar-refractivity contribution in [2.75, 3.05) is 27.4 Å². The van der Waals surface area contributed by atoms with Crippen LogP contribution in [0.2, 0.25) is 0 Å². The van der Waals surface area contributed by atoms with Gasteiger partial charge in [0.25, 0.3) is 0 Å². The Kier molecular flexibility index (Phi) is 8.30. The van der Waals surface area contributed by atoms with Crippen molar-refractivity contribution in [3.8, 4) is 23.0 Å². The van der Waals surface area contributed by atoms with Crippen LogP contribution in [-0.4, -0.2) is 27.4 Å². The summed E-state index contributed by atoms with van der Waals surface area (Å²) in [6.07, 6.45) is 7.43. The number of ether oxygens (including phenoxy) is 4.